The van der Waals surface area contributed by atoms with Gasteiger partial charge in [-0.15, -0.1) is 0 Å². The first-order valence-electron chi connectivity index (χ1n) is 10.1. The number of nitrogens with zero attached hydrogens (tertiary/aromatic N) is 2. The van der Waals surface area contributed by atoms with Gasteiger partial charge in [0.05, 0.1) is 6.04 Å². The van der Waals surface area contributed by atoms with E-state index < -0.39 is 0 Å². The summed E-state index contributed by atoms with van der Waals surface area (Å²) >= 11 is 1.71. The summed E-state index contributed by atoms with van der Waals surface area (Å²) in [7, 11) is 2.16. The molecule has 0 bridgehead atoms. The molecular formula is C23H28N4OS. The van der Waals surface area contributed by atoms with Crippen molar-refractivity contribution in [3.05, 3.63) is 70.4 Å². The number of carbonyl (C=O) groups is 1. The molecule has 1 aliphatic rings. The molecule has 5 nitrogen and oxygen atoms in total. The predicted molar refractivity (Wildman–Crippen MR) is 120 cm³/mol. The van der Waals surface area contributed by atoms with Gasteiger partial charge in [0.25, 0.3) is 0 Å². The molecule has 2 amide bonds. The second kappa shape index (κ2) is 9.39. The number of likely N-dealkylation sites (N-methyl/N-ethyl adjacent to an activating group) is 1. The Kier molecular flexibility index (Phi) is 6.44. The number of rotatable bonds is 6. The second-order valence-electron chi connectivity index (χ2n) is 7.61. The summed E-state index contributed by atoms with van der Waals surface area (Å²) in [5.41, 5.74) is 2.42. The highest BCUT2D eigenvalue weighted by Crippen LogP contribution is 2.23. The van der Waals surface area contributed by atoms with E-state index in [1.807, 2.05) is 18.2 Å². The van der Waals surface area contributed by atoms with Gasteiger partial charge in [-0.3, -0.25) is 4.90 Å². The zero-order valence-corrected chi connectivity index (χ0v) is 17.6. The van der Waals surface area contributed by atoms with E-state index in [9.17, 15) is 4.79 Å². The lowest BCUT2D eigenvalue weighted by Crippen LogP contribution is -2.49. The van der Waals surface area contributed by atoms with E-state index in [0.29, 0.717) is 13.1 Å². The van der Waals surface area contributed by atoms with E-state index in [-0.39, 0.29) is 12.1 Å². The Morgan fingerprint density at radius 3 is 2.62 bits per heavy atom. The third-order valence-corrected chi connectivity index (χ3v) is 6.38. The molecule has 1 fully saturated rings. The Labute approximate surface area is 176 Å². The van der Waals surface area contributed by atoms with E-state index in [1.54, 1.807) is 11.3 Å². The molecule has 0 spiro atoms. The van der Waals surface area contributed by atoms with Crippen molar-refractivity contribution >= 4 is 28.1 Å². The number of fused-ring (bicyclic) bond motifs is 1. The normalized spacial score (nSPS) is 16.6. The molecule has 0 aliphatic carbocycles. The highest BCUT2D eigenvalue weighted by atomic mass is 32.1. The topological polar surface area (TPSA) is 47.6 Å². The summed E-state index contributed by atoms with van der Waals surface area (Å²) < 4.78 is 0. The van der Waals surface area contributed by atoms with Crippen LogP contribution in [-0.2, 0) is 6.54 Å². The smallest absolute Gasteiger partial charge is 0.315 e. The van der Waals surface area contributed by atoms with Crippen LogP contribution in [0.15, 0.2) is 59.3 Å². The average molecular weight is 409 g/mol. The molecule has 1 atom stereocenters. The Bertz CT molecular complexity index is 930. The van der Waals surface area contributed by atoms with Crippen LogP contribution in [-0.4, -0.2) is 55.6 Å². The highest BCUT2D eigenvalue weighted by Gasteiger charge is 2.24. The molecule has 1 aromatic heterocycles. The van der Waals surface area contributed by atoms with Gasteiger partial charge in [-0.05, 0) is 45.8 Å². The maximum absolute atomic E-state index is 12.5. The molecule has 4 rings (SSSR count). The van der Waals surface area contributed by atoms with Gasteiger partial charge < -0.3 is 15.5 Å². The number of thiophene rings is 1. The minimum Gasteiger partial charge on any atom is -0.336 e. The molecule has 1 unspecified atom stereocenters. The minimum absolute atomic E-state index is 0.118. The quantitative estimate of drug-likeness (QED) is 0.654. The zero-order chi connectivity index (χ0) is 20.1. The number of amides is 2. The van der Waals surface area contributed by atoms with Crippen LogP contribution in [0.25, 0.3) is 10.8 Å². The first-order valence-corrected chi connectivity index (χ1v) is 11.1. The van der Waals surface area contributed by atoms with Gasteiger partial charge in [0, 0.05) is 39.3 Å². The van der Waals surface area contributed by atoms with Gasteiger partial charge in [0.1, 0.15) is 0 Å². The van der Waals surface area contributed by atoms with E-state index in [2.05, 4.69) is 68.6 Å². The fourth-order valence-corrected chi connectivity index (χ4v) is 4.64. The molecule has 2 N–H and O–H groups in total. The van der Waals surface area contributed by atoms with Crippen LogP contribution in [0.2, 0.25) is 0 Å². The lowest BCUT2D eigenvalue weighted by atomic mass is 10.0. The molecule has 6 heteroatoms. The predicted octanol–water partition coefficient (Wildman–Crippen LogP) is 3.69. The molecule has 2 aromatic carbocycles. The Morgan fingerprint density at radius 2 is 1.83 bits per heavy atom. The summed E-state index contributed by atoms with van der Waals surface area (Å²) in [5, 5.41) is 12.8. The van der Waals surface area contributed by atoms with Gasteiger partial charge in [0.2, 0.25) is 0 Å². The molecule has 0 radical (unpaired) electrons. The number of hydrogen-bond donors (Lipinski definition) is 2. The molecule has 29 heavy (non-hydrogen) atoms. The van der Waals surface area contributed by atoms with Gasteiger partial charge in [-0.2, -0.15) is 11.3 Å². The average Bonchev–Trinajstić information content (AvgIpc) is 3.28. The van der Waals surface area contributed by atoms with Crippen LogP contribution >= 0.6 is 11.3 Å². The van der Waals surface area contributed by atoms with Gasteiger partial charge in [-0.1, -0.05) is 42.5 Å². The summed E-state index contributed by atoms with van der Waals surface area (Å²) in [4.78, 5) is 17.3. The third-order valence-electron chi connectivity index (χ3n) is 5.68. The van der Waals surface area contributed by atoms with Crippen LogP contribution in [0.1, 0.15) is 17.2 Å². The van der Waals surface area contributed by atoms with Crippen LogP contribution < -0.4 is 10.6 Å². The SMILES string of the molecule is CN1CCN(C(CNC(=O)NCc2cccc3ccccc23)c2ccsc2)CC1. The monoisotopic (exact) mass is 408 g/mol. The number of piperazine rings is 1. The fourth-order valence-electron chi connectivity index (χ4n) is 3.93. The molecule has 0 saturated carbocycles. The minimum atomic E-state index is -0.118. The first kappa shape index (κ1) is 19.9. The van der Waals surface area contributed by atoms with Crippen LogP contribution in [0.5, 0.6) is 0 Å². The van der Waals surface area contributed by atoms with Crippen molar-refractivity contribution in [2.24, 2.45) is 0 Å². The first-order chi connectivity index (χ1) is 14.2. The summed E-state index contributed by atoms with van der Waals surface area (Å²) in [6.07, 6.45) is 0. The number of urea groups is 1. The summed E-state index contributed by atoms with van der Waals surface area (Å²) in [6, 6.07) is 16.8. The van der Waals surface area contributed by atoms with Crippen molar-refractivity contribution in [3.63, 3.8) is 0 Å². The molecule has 1 saturated heterocycles. The van der Waals surface area contributed by atoms with Crippen molar-refractivity contribution in [2.75, 3.05) is 39.8 Å². The van der Waals surface area contributed by atoms with Crippen molar-refractivity contribution < 1.29 is 4.79 Å². The van der Waals surface area contributed by atoms with E-state index in [1.165, 1.54) is 16.3 Å². The second-order valence-corrected chi connectivity index (χ2v) is 8.39. The van der Waals surface area contributed by atoms with E-state index in [4.69, 9.17) is 0 Å². The molecule has 152 valence electrons. The maximum atomic E-state index is 12.5. The largest absolute Gasteiger partial charge is 0.336 e. The van der Waals surface area contributed by atoms with Crippen molar-refractivity contribution in [2.45, 2.75) is 12.6 Å². The molecular weight excluding hydrogens is 380 g/mol. The Hall–Kier alpha value is -2.41. The molecule has 3 aromatic rings. The fraction of sp³-hybridized carbons (Fsp3) is 0.348. The molecule has 2 heterocycles. The third kappa shape index (κ3) is 4.96. The standard InChI is InChI=1S/C23H28N4OS/c1-26-10-12-27(13-11-26)22(20-9-14-29-17-20)16-25-23(28)24-15-19-7-4-6-18-5-2-3-8-21(18)19/h2-9,14,17,22H,10-13,15-16H2,1H3,(H2,24,25,28). The number of hydrogen-bond acceptors (Lipinski definition) is 4. The number of nitrogens with one attached hydrogen (secondary N) is 2. The maximum Gasteiger partial charge on any atom is 0.315 e. The zero-order valence-electron chi connectivity index (χ0n) is 16.8. The van der Waals surface area contributed by atoms with Crippen molar-refractivity contribution in [1.82, 2.24) is 20.4 Å². The Morgan fingerprint density at radius 1 is 1.03 bits per heavy atom. The molecule has 1 aliphatic heterocycles. The lowest BCUT2D eigenvalue weighted by Gasteiger charge is -2.38. The number of carbonyl (C=O) groups excluding carboxylic acids is 1. The van der Waals surface area contributed by atoms with Crippen LogP contribution in [0.3, 0.4) is 0 Å². The number of benzene rings is 2. The van der Waals surface area contributed by atoms with Crippen LogP contribution in [0, 0.1) is 0 Å². The summed E-state index contributed by atoms with van der Waals surface area (Å²) in [5.74, 6) is 0. The van der Waals surface area contributed by atoms with Crippen LogP contribution in [0.4, 0.5) is 4.79 Å². The Balaban J connectivity index is 1.35. The van der Waals surface area contributed by atoms with Gasteiger partial charge >= 0.3 is 6.03 Å². The highest BCUT2D eigenvalue weighted by molar-refractivity contribution is 7.07. The van der Waals surface area contributed by atoms with E-state index in [0.717, 1.165) is 31.7 Å². The van der Waals surface area contributed by atoms with Crippen molar-refractivity contribution in [1.29, 1.82) is 0 Å². The van der Waals surface area contributed by atoms with Gasteiger partial charge in [-0.25, -0.2) is 4.79 Å². The summed E-state index contributed by atoms with van der Waals surface area (Å²) in [6.45, 7) is 5.31. The van der Waals surface area contributed by atoms with Gasteiger partial charge in [0.15, 0.2) is 0 Å². The lowest BCUT2D eigenvalue weighted by molar-refractivity contribution is 0.111. The van der Waals surface area contributed by atoms with E-state index >= 15 is 0 Å². The van der Waals surface area contributed by atoms with Crippen molar-refractivity contribution in [3.8, 4) is 0 Å².